The fourth-order valence-corrected chi connectivity index (χ4v) is 5.17. The average Bonchev–Trinajstić information content (AvgIpc) is 3.29. The highest BCUT2D eigenvalue weighted by Crippen LogP contribution is 2.30. The van der Waals surface area contributed by atoms with Crippen molar-refractivity contribution in [2.75, 3.05) is 13.1 Å². The standard InChI is InChI=1S/C22H29N3O10S/c26-17-9-10-18(27)24(17)13-14-5-7-15(8-6-14)21(30)23-11-3-1-2-4-20(29)35-25-19(28)12-16(22(25)31)36(32,33)34/h9-10,14-16H,1-8,11-13H2,(H,23,30)(H,32,33,34). The van der Waals surface area contributed by atoms with Gasteiger partial charge in [0, 0.05) is 37.6 Å². The lowest BCUT2D eigenvalue weighted by Crippen LogP contribution is -2.38. The minimum Gasteiger partial charge on any atom is -0.356 e. The van der Waals surface area contributed by atoms with Crippen LogP contribution in [0.25, 0.3) is 0 Å². The zero-order valence-electron chi connectivity index (χ0n) is 19.6. The van der Waals surface area contributed by atoms with Crippen molar-refractivity contribution in [2.45, 2.75) is 63.0 Å². The van der Waals surface area contributed by atoms with Gasteiger partial charge in [-0.1, -0.05) is 6.42 Å². The Bertz CT molecular complexity index is 1040. The molecule has 1 saturated heterocycles. The second-order valence-corrected chi connectivity index (χ2v) is 10.7. The number of rotatable bonds is 11. The maximum atomic E-state index is 12.4. The van der Waals surface area contributed by atoms with E-state index in [1.807, 2.05) is 0 Å². The summed E-state index contributed by atoms with van der Waals surface area (Å²) in [7, 11) is -4.77. The first-order chi connectivity index (χ1) is 17.0. The quantitative estimate of drug-likeness (QED) is 0.208. The lowest BCUT2D eigenvalue weighted by atomic mass is 9.81. The number of unbranched alkanes of at least 4 members (excludes halogenated alkanes) is 2. The van der Waals surface area contributed by atoms with Crippen molar-refractivity contribution in [2.24, 2.45) is 11.8 Å². The lowest BCUT2D eigenvalue weighted by molar-refractivity contribution is -0.197. The molecule has 1 aliphatic carbocycles. The average molecular weight is 528 g/mol. The highest BCUT2D eigenvalue weighted by molar-refractivity contribution is 7.87. The Morgan fingerprint density at radius 2 is 1.64 bits per heavy atom. The second-order valence-electron chi connectivity index (χ2n) is 9.14. The molecule has 14 heteroatoms. The molecule has 0 aromatic carbocycles. The summed E-state index contributed by atoms with van der Waals surface area (Å²) in [4.78, 5) is 77.1. The van der Waals surface area contributed by atoms with E-state index in [4.69, 9.17) is 4.55 Å². The van der Waals surface area contributed by atoms with Gasteiger partial charge in [0.25, 0.3) is 33.7 Å². The summed E-state index contributed by atoms with van der Waals surface area (Å²) in [6.07, 6.45) is 6.00. The molecule has 36 heavy (non-hydrogen) atoms. The van der Waals surface area contributed by atoms with Gasteiger partial charge < -0.3 is 10.2 Å². The Morgan fingerprint density at radius 3 is 2.22 bits per heavy atom. The van der Waals surface area contributed by atoms with Gasteiger partial charge in [-0.3, -0.25) is 33.4 Å². The summed E-state index contributed by atoms with van der Waals surface area (Å²) >= 11 is 0. The second kappa shape index (κ2) is 11.7. The highest BCUT2D eigenvalue weighted by atomic mass is 32.2. The van der Waals surface area contributed by atoms with Crippen molar-refractivity contribution in [3.05, 3.63) is 12.2 Å². The van der Waals surface area contributed by atoms with E-state index in [1.165, 1.54) is 17.1 Å². The van der Waals surface area contributed by atoms with Crippen LogP contribution in [0.2, 0.25) is 0 Å². The molecule has 0 spiro atoms. The van der Waals surface area contributed by atoms with Crippen LogP contribution in [-0.2, 0) is 43.7 Å². The van der Waals surface area contributed by atoms with Crippen molar-refractivity contribution < 1.29 is 46.6 Å². The highest BCUT2D eigenvalue weighted by Gasteiger charge is 2.48. The summed E-state index contributed by atoms with van der Waals surface area (Å²) in [5, 5.41) is 0.981. The van der Waals surface area contributed by atoms with Crippen molar-refractivity contribution in [1.82, 2.24) is 15.3 Å². The Hall–Kier alpha value is -3.13. The molecule has 2 heterocycles. The molecule has 1 unspecified atom stereocenters. The predicted octanol–water partition coefficient (Wildman–Crippen LogP) is -0.132. The maximum Gasteiger partial charge on any atom is 0.333 e. The number of carbonyl (C=O) groups excluding carboxylic acids is 6. The van der Waals surface area contributed by atoms with Crippen LogP contribution in [0.1, 0.15) is 57.8 Å². The Morgan fingerprint density at radius 1 is 1.00 bits per heavy atom. The third-order valence-electron chi connectivity index (χ3n) is 6.53. The van der Waals surface area contributed by atoms with Crippen LogP contribution in [0.3, 0.4) is 0 Å². The van der Waals surface area contributed by atoms with Crippen LogP contribution in [-0.4, -0.2) is 76.8 Å². The van der Waals surface area contributed by atoms with E-state index in [1.54, 1.807) is 0 Å². The van der Waals surface area contributed by atoms with E-state index in [9.17, 15) is 37.2 Å². The molecule has 3 rings (SSSR count). The monoisotopic (exact) mass is 527 g/mol. The van der Waals surface area contributed by atoms with Crippen LogP contribution in [0.15, 0.2) is 12.2 Å². The van der Waals surface area contributed by atoms with E-state index >= 15 is 0 Å². The largest absolute Gasteiger partial charge is 0.356 e. The Kier molecular flexibility index (Phi) is 8.95. The van der Waals surface area contributed by atoms with E-state index in [2.05, 4.69) is 10.2 Å². The zero-order valence-corrected chi connectivity index (χ0v) is 20.4. The Labute approximate surface area is 207 Å². The van der Waals surface area contributed by atoms with Crippen LogP contribution in [0.5, 0.6) is 0 Å². The summed E-state index contributed by atoms with van der Waals surface area (Å²) in [5.74, 6) is -3.80. The first kappa shape index (κ1) is 27.5. The van der Waals surface area contributed by atoms with Gasteiger partial charge in [-0.2, -0.15) is 8.42 Å². The normalized spacial score (nSPS) is 24.5. The van der Waals surface area contributed by atoms with Gasteiger partial charge >= 0.3 is 5.97 Å². The van der Waals surface area contributed by atoms with Crippen LogP contribution < -0.4 is 5.32 Å². The smallest absolute Gasteiger partial charge is 0.333 e. The van der Waals surface area contributed by atoms with E-state index < -0.39 is 39.6 Å². The zero-order chi connectivity index (χ0) is 26.5. The Balaban J connectivity index is 1.25. The molecule has 2 fully saturated rings. The van der Waals surface area contributed by atoms with Gasteiger partial charge in [0.1, 0.15) is 0 Å². The van der Waals surface area contributed by atoms with Crippen LogP contribution >= 0.6 is 0 Å². The fourth-order valence-electron chi connectivity index (χ4n) is 4.46. The number of hydrogen-bond acceptors (Lipinski definition) is 9. The van der Waals surface area contributed by atoms with E-state index in [0.717, 1.165) is 12.8 Å². The SMILES string of the molecule is O=C(CCCCCNC(=O)C1CCC(CN2C(=O)C=CC2=O)CC1)ON1C(=O)CC(S(=O)(=O)O)C1=O. The van der Waals surface area contributed by atoms with Crippen molar-refractivity contribution >= 4 is 45.6 Å². The van der Waals surface area contributed by atoms with Gasteiger partial charge in [0.15, 0.2) is 5.25 Å². The number of hydroxylamine groups is 2. The molecule has 0 radical (unpaired) electrons. The molecule has 0 bridgehead atoms. The van der Waals surface area contributed by atoms with Gasteiger partial charge in [0.05, 0.1) is 6.42 Å². The molecular weight excluding hydrogens is 498 g/mol. The lowest BCUT2D eigenvalue weighted by Gasteiger charge is -2.30. The molecular formula is C22H29N3O10S. The molecule has 1 saturated carbocycles. The number of hydrogen-bond donors (Lipinski definition) is 2. The molecule has 198 valence electrons. The molecule has 13 nitrogen and oxygen atoms in total. The topological polar surface area (TPSA) is 185 Å². The number of nitrogens with one attached hydrogen (secondary N) is 1. The van der Waals surface area contributed by atoms with Crippen molar-refractivity contribution in [3.63, 3.8) is 0 Å². The fraction of sp³-hybridized carbons (Fsp3) is 0.636. The third kappa shape index (κ3) is 6.97. The van der Waals surface area contributed by atoms with Gasteiger partial charge in [-0.05, 0) is 44.4 Å². The molecule has 3 aliphatic rings. The molecule has 1 atom stereocenters. The van der Waals surface area contributed by atoms with Crippen molar-refractivity contribution in [1.29, 1.82) is 0 Å². The van der Waals surface area contributed by atoms with E-state index in [0.29, 0.717) is 45.2 Å². The summed E-state index contributed by atoms with van der Waals surface area (Å²) < 4.78 is 31.2. The van der Waals surface area contributed by atoms with Gasteiger partial charge in [0.2, 0.25) is 5.91 Å². The van der Waals surface area contributed by atoms with Crippen molar-refractivity contribution in [3.8, 4) is 0 Å². The summed E-state index contributed by atoms with van der Waals surface area (Å²) in [5.41, 5.74) is 0. The third-order valence-corrected chi connectivity index (χ3v) is 7.62. The predicted molar refractivity (Wildman–Crippen MR) is 121 cm³/mol. The van der Waals surface area contributed by atoms with Gasteiger partial charge in [-0.15, -0.1) is 5.06 Å². The summed E-state index contributed by atoms with van der Waals surface area (Å²) in [6.45, 7) is 0.790. The minimum absolute atomic E-state index is 0.0534. The first-order valence-corrected chi connectivity index (χ1v) is 13.3. The maximum absolute atomic E-state index is 12.4. The van der Waals surface area contributed by atoms with E-state index in [-0.39, 0.29) is 41.0 Å². The molecule has 2 aliphatic heterocycles. The van der Waals surface area contributed by atoms with Crippen LogP contribution in [0, 0.1) is 11.8 Å². The number of amides is 5. The number of nitrogens with zero attached hydrogens (tertiary/aromatic N) is 2. The van der Waals surface area contributed by atoms with Gasteiger partial charge in [-0.25, -0.2) is 4.79 Å². The molecule has 0 aromatic rings. The minimum atomic E-state index is -4.77. The molecule has 5 amide bonds. The first-order valence-electron chi connectivity index (χ1n) is 11.8. The van der Waals surface area contributed by atoms with Crippen LogP contribution in [0.4, 0.5) is 0 Å². The molecule has 2 N–H and O–H groups in total. The molecule has 0 aromatic heterocycles. The number of carbonyl (C=O) groups is 6. The summed E-state index contributed by atoms with van der Waals surface area (Å²) in [6, 6.07) is 0. The number of imide groups is 2.